The monoisotopic (exact) mass is 494 g/mol. The molecule has 0 saturated carbocycles. The molecule has 0 saturated heterocycles. The van der Waals surface area contributed by atoms with Gasteiger partial charge >= 0.3 is 0 Å². The first-order valence-electron chi connectivity index (χ1n) is 11.0. The van der Waals surface area contributed by atoms with Gasteiger partial charge in [-0.1, -0.05) is 43.6 Å². The molecule has 0 radical (unpaired) electrons. The predicted molar refractivity (Wildman–Crippen MR) is 136 cm³/mol. The van der Waals surface area contributed by atoms with E-state index < -0.39 is 5.92 Å². The van der Waals surface area contributed by atoms with Gasteiger partial charge in [-0.05, 0) is 47.2 Å². The predicted octanol–water partition coefficient (Wildman–Crippen LogP) is 6.36. The van der Waals surface area contributed by atoms with Crippen LogP contribution in [-0.4, -0.2) is 20.0 Å². The van der Waals surface area contributed by atoms with Crippen LogP contribution in [0.4, 0.5) is 0 Å². The zero-order chi connectivity index (χ0) is 24.5. The molecule has 4 rings (SSSR count). The molecule has 1 aliphatic heterocycles. The molecule has 0 bridgehead atoms. The Bertz CT molecular complexity index is 1230. The molecule has 0 unspecified atom stereocenters. The first-order chi connectivity index (χ1) is 16.3. The molecule has 2 aromatic rings. The Morgan fingerprint density at radius 1 is 1.12 bits per heavy atom. The lowest BCUT2D eigenvalue weighted by Gasteiger charge is -2.39. The van der Waals surface area contributed by atoms with Crippen LogP contribution in [0.2, 0.25) is 5.02 Å². The normalized spacial score (nSPS) is 19.3. The highest BCUT2D eigenvalue weighted by atomic mass is 35.5. The van der Waals surface area contributed by atoms with Crippen molar-refractivity contribution >= 4 is 29.1 Å². The zero-order valence-corrected chi connectivity index (χ0v) is 21.3. The Morgan fingerprint density at radius 2 is 1.82 bits per heavy atom. The molecule has 1 atom stereocenters. The number of dihydropyridines is 1. The molecule has 7 heteroatoms. The number of nitriles is 1. The van der Waals surface area contributed by atoms with E-state index in [0.29, 0.717) is 39.8 Å². The van der Waals surface area contributed by atoms with Crippen LogP contribution < -0.4 is 14.8 Å². The van der Waals surface area contributed by atoms with Crippen molar-refractivity contribution in [1.29, 1.82) is 5.26 Å². The number of carbonyl (C=O) groups excluding carboxylic acids is 1. The number of hydrogen-bond donors (Lipinski definition) is 1. The maximum absolute atomic E-state index is 13.4. The third-order valence-electron chi connectivity index (χ3n) is 6.16. The molecular formula is C27H27ClN2O3S. The maximum atomic E-state index is 13.4. The first-order valence-corrected chi connectivity index (χ1v) is 12.4. The summed E-state index contributed by atoms with van der Waals surface area (Å²) in [7, 11) is 3.17. The Hall–Kier alpha value is -2.88. The van der Waals surface area contributed by atoms with Crippen LogP contribution in [0, 0.1) is 16.7 Å². The third kappa shape index (κ3) is 4.82. The number of nitrogens with one attached hydrogen (secondary N) is 1. The molecule has 1 aliphatic carbocycles. The molecule has 1 heterocycles. The second-order valence-corrected chi connectivity index (χ2v) is 10.7. The van der Waals surface area contributed by atoms with Crippen LogP contribution in [0.1, 0.15) is 43.7 Å². The number of nitrogens with zero attached hydrogens (tertiary/aromatic N) is 1. The van der Waals surface area contributed by atoms with Gasteiger partial charge in [-0.15, -0.1) is 11.8 Å². The van der Waals surface area contributed by atoms with Gasteiger partial charge in [0, 0.05) is 28.5 Å². The standard InChI is InChI=1S/C27H27ClN2O3S/c1-27(2)12-20-25(21(31)13-27)24(17-7-10-22(32-3)23(11-17)33-4)19(14-29)26(30-20)34-15-16-5-8-18(28)9-6-16/h5-11,24,30H,12-13,15H2,1-4H3/t24-/m1/s1. The van der Waals surface area contributed by atoms with Crippen molar-refractivity contribution in [1.82, 2.24) is 5.32 Å². The smallest absolute Gasteiger partial charge is 0.162 e. The fourth-order valence-corrected chi connectivity index (χ4v) is 5.74. The van der Waals surface area contributed by atoms with E-state index >= 15 is 0 Å². The zero-order valence-electron chi connectivity index (χ0n) is 19.7. The average molecular weight is 495 g/mol. The molecule has 5 nitrogen and oxygen atoms in total. The number of halogens is 1. The van der Waals surface area contributed by atoms with Crippen molar-refractivity contribution in [2.45, 2.75) is 38.4 Å². The number of rotatable bonds is 6. The number of ether oxygens (including phenoxy) is 2. The number of thioether (sulfide) groups is 1. The molecule has 0 amide bonds. The number of ketones is 1. The van der Waals surface area contributed by atoms with E-state index in [4.69, 9.17) is 21.1 Å². The van der Waals surface area contributed by atoms with Crippen LogP contribution in [0.3, 0.4) is 0 Å². The molecule has 0 spiro atoms. The summed E-state index contributed by atoms with van der Waals surface area (Å²) < 4.78 is 10.9. The molecule has 2 aliphatic rings. The molecular weight excluding hydrogens is 468 g/mol. The molecule has 0 fully saturated rings. The van der Waals surface area contributed by atoms with Crippen molar-refractivity contribution in [2.75, 3.05) is 14.2 Å². The lowest BCUT2D eigenvalue weighted by molar-refractivity contribution is -0.118. The molecule has 2 aromatic carbocycles. The van der Waals surface area contributed by atoms with Crippen molar-refractivity contribution in [3.63, 3.8) is 0 Å². The van der Waals surface area contributed by atoms with Gasteiger partial charge in [0.25, 0.3) is 0 Å². The van der Waals surface area contributed by atoms with Gasteiger partial charge in [0.1, 0.15) is 0 Å². The number of Topliss-reactive ketones (excluding diaryl/α,β-unsaturated/α-hetero) is 1. The van der Waals surface area contributed by atoms with E-state index in [1.54, 1.807) is 26.0 Å². The summed E-state index contributed by atoms with van der Waals surface area (Å²) >= 11 is 7.59. The Kier molecular flexibility index (Phi) is 6.97. The van der Waals surface area contributed by atoms with Crippen LogP contribution in [0.25, 0.3) is 0 Å². The topological polar surface area (TPSA) is 71.3 Å². The summed E-state index contributed by atoms with van der Waals surface area (Å²) in [6.07, 6.45) is 1.19. The number of carbonyl (C=O) groups is 1. The van der Waals surface area contributed by atoms with E-state index in [-0.39, 0.29) is 11.2 Å². The second-order valence-electron chi connectivity index (χ2n) is 9.28. The molecule has 176 valence electrons. The van der Waals surface area contributed by atoms with Crippen molar-refractivity contribution in [3.05, 3.63) is 80.5 Å². The molecule has 34 heavy (non-hydrogen) atoms. The van der Waals surface area contributed by atoms with Crippen LogP contribution in [-0.2, 0) is 10.5 Å². The average Bonchev–Trinajstić information content (AvgIpc) is 2.81. The summed E-state index contributed by atoms with van der Waals surface area (Å²) in [6.45, 7) is 4.21. The van der Waals surface area contributed by atoms with Gasteiger partial charge < -0.3 is 14.8 Å². The lowest BCUT2D eigenvalue weighted by Crippen LogP contribution is -2.36. The van der Waals surface area contributed by atoms with Gasteiger partial charge in [-0.2, -0.15) is 5.26 Å². The fourth-order valence-electron chi connectivity index (χ4n) is 4.59. The van der Waals surface area contributed by atoms with Gasteiger partial charge in [-0.25, -0.2) is 0 Å². The number of benzene rings is 2. The first kappa shape index (κ1) is 24.3. The number of hydrogen-bond acceptors (Lipinski definition) is 6. The summed E-state index contributed by atoms with van der Waals surface area (Å²) in [5, 5.41) is 15.2. The SMILES string of the molecule is COc1ccc([C@@H]2C(C#N)=C(SCc3ccc(Cl)cc3)NC3=C2C(=O)CC(C)(C)C3)cc1OC. The Balaban J connectivity index is 1.80. The van der Waals surface area contributed by atoms with Gasteiger partial charge in [-0.3, -0.25) is 4.79 Å². The van der Waals surface area contributed by atoms with E-state index in [1.165, 1.54) is 0 Å². The molecule has 1 N–H and O–H groups in total. The fraction of sp³-hybridized carbons (Fsp3) is 0.333. The Morgan fingerprint density at radius 3 is 2.47 bits per heavy atom. The van der Waals surface area contributed by atoms with Crippen LogP contribution >= 0.6 is 23.4 Å². The van der Waals surface area contributed by atoms with Crippen molar-refractivity contribution in [2.24, 2.45) is 5.41 Å². The minimum Gasteiger partial charge on any atom is -0.493 e. The van der Waals surface area contributed by atoms with E-state index in [2.05, 4.69) is 25.2 Å². The van der Waals surface area contributed by atoms with Gasteiger partial charge in [0.15, 0.2) is 17.3 Å². The van der Waals surface area contributed by atoms with E-state index in [0.717, 1.165) is 28.3 Å². The Labute approximate surface area is 209 Å². The highest BCUT2D eigenvalue weighted by Gasteiger charge is 2.42. The third-order valence-corrected chi connectivity index (χ3v) is 7.50. The highest BCUT2D eigenvalue weighted by Crippen LogP contribution is 2.49. The van der Waals surface area contributed by atoms with Crippen LogP contribution in [0.15, 0.2) is 64.3 Å². The summed E-state index contributed by atoms with van der Waals surface area (Å²) in [4.78, 5) is 13.4. The summed E-state index contributed by atoms with van der Waals surface area (Å²) in [6, 6.07) is 15.7. The quantitative estimate of drug-likeness (QED) is 0.504. The summed E-state index contributed by atoms with van der Waals surface area (Å²) in [5.41, 5.74) is 3.90. The van der Waals surface area contributed by atoms with Crippen molar-refractivity contribution in [3.8, 4) is 17.6 Å². The van der Waals surface area contributed by atoms with Crippen molar-refractivity contribution < 1.29 is 14.3 Å². The minimum atomic E-state index is -0.461. The summed E-state index contributed by atoms with van der Waals surface area (Å²) in [5.74, 6) is 1.45. The minimum absolute atomic E-state index is 0.0769. The highest BCUT2D eigenvalue weighted by molar-refractivity contribution is 8.02. The van der Waals surface area contributed by atoms with E-state index in [1.807, 2.05) is 42.5 Å². The number of methoxy groups -OCH3 is 2. The van der Waals surface area contributed by atoms with Crippen LogP contribution in [0.5, 0.6) is 11.5 Å². The number of allylic oxidation sites excluding steroid dienone is 3. The molecule has 0 aromatic heterocycles. The van der Waals surface area contributed by atoms with E-state index in [9.17, 15) is 10.1 Å². The second kappa shape index (κ2) is 9.77. The lowest BCUT2D eigenvalue weighted by atomic mass is 9.69. The van der Waals surface area contributed by atoms with Gasteiger partial charge in [0.05, 0.1) is 36.8 Å². The largest absolute Gasteiger partial charge is 0.493 e. The maximum Gasteiger partial charge on any atom is 0.162 e. The van der Waals surface area contributed by atoms with Gasteiger partial charge in [0.2, 0.25) is 0 Å².